The highest BCUT2D eigenvalue weighted by molar-refractivity contribution is 6.84. The summed E-state index contributed by atoms with van der Waals surface area (Å²) in [6.07, 6.45) is 1.03. The molecule has 1 aromatic rings. The zero-order chi connectivity index (χ0) is 9.90. The molecule has 2 nitrogen and oxygen atoms in total. The molecule has 0 radical (unpaired) electrons. The standard InChI is InChI=1S/C10H17NOSi/c1-3-8-13(2,12)10-6-4-9(11)5-7-10/h4-7,12H,3,8,11H2,1-2H3. The Labute approximate surface area is 80.5 Å². The lowest BCUT2D eigenvalue weighted by Gasteiger charge is -2.19. The molecule has 3 N–H and O–H groups in total. The van der Waals surface area contributed by atoms with Crippen LogP contribution in [0.5, 0.6) is 0 Å². The van der Waals surface area contributed by atoms with Gasteiger partial charge in [-0.05, 0) is 29.9 Å². The topological polar surface area (TPSA) is 46.2 Å². The number of hydrogen-bond donors (Lipinski definition) is 2. The van der Waals surface area contributed by atoms with Gasteiger partial charge in [-0.25, -0.2) is 0 Å². The van der Waals surface area contributed by atoms with E-state index in [0.29, 0.717) is 0 Å². The molecule has 13 heavy (non-hydrogen) atoms. The Bertz CT molecular complexity index is 269. The average Bonchev–Trinajstić information content (AvgIpc) is 2.05. The minimum Gasteiger partial charge on any atom is -0.428 e. The molecule has 0 amide bonds. The van der Waals surface area contributed by atoms with E-state index in [0.717, 1.165) is 23.3 Å². The third kappa shape index (κ3) is 2.57. The first kappa shape index (κ1) is 10.3. The SMILES string of the molecule is CCC[Si](C)(O)c1ccc(N)cc1. The van der Waals surface area contributed by atoms with Gasteiger partial charge in [0, 0.05) is 5.69 Å². The summed E-state index contributed by atoms with van der Waals surface area (Å²) in [4.78, 5) is 10.2. The fourth-order valence-electron chi connectivity index (χ4n) is 1.47. The highest BCUT2D eigenvalue weighted by atomic mass is 28.4. The van der Waals surface area contributed by atoms with Crippen LogP contribution in [0.3, 0.4) is 0 Å². The smallest absolute Gasteiger partial charge is 0.216 e. The predicted octanol–water partition coefficient (Wildman–Crippen LogP) is 1.45. The molecule has 0 spiro atoms. The molecule has 0 aliphatic heterocycles. The first-order chi connectivity index (χ1) is 6.06. The predicted molar refractivity (Wildman–Crippen MR) is 59.4 cm³/mol. The molecule has 0 saturated carbocycles. The maximum atomic E-state index is 10.2. The minimum absolute atomic E-state index is 0.755. The Morgan fingerprint density at radius 1 is 1.31 bits per heavy atom. The molecule has 0 fully saturated rings. The molecule has 0 aliphatic rings. The van der Waals surface area contributed by atoms with Crippen molar-refractivity contribution in [2.75, 3.05) is 5.73 Å². The lowest BCUT2D eigenvalue weighted by molar-refractivity contribution is 0.554. The highest BCUT2D eigenvalue weighted by Crippen LogP contribution is 2.10. The summed E-state index contributed by atoms with van der Waals surface area (Å²) in [5.74, 6) is 0. The first-order valence-electron chi connectivity index (χ1n) is 4.64. The third-order valence-electron chi connectivity index (χ3n) is 2.27. The normalized spacial score (nSPS) is 15.3. The molecule has 1 rings (SSSR count). The Morgan fingerprint density at radius 2 is 1.85 bits per heavy atom. The van der Waals surface area contributed by atoms with E-state index in [1.165, 1.54) is 0 Å². The van der Waals surface area contributed by atoms with Gasteiger partial charge in [-0.15, -0.1) is 0 Å². The molecule has 0 saturated heterocycles. The Morgan fingerprint density at radius 3 is 2.31 bits per heavy atom. The van der Waals surface area contributed by atoms with Gasteiger partial charge in [-0.3, -0.25) is 0 Å². The van der Waals surface area contributed by atoms with Gasteiger partial charge >= 0.3 is 0 Å². The van der Waals surface area contributed by atoms with Crippen LogP contribution in [-0.4, -0.2) is 13.1 Å². The maximum Gasteiger partial charge on any atom is 0.216 e. The number of hydrogen-bond acceptors (Lipinski definition) is 2. The second-order valence-corrected chi connectivity index (χ2v) is 7.27. The molecule has 0 bridgehead atoms. The van der Waals surface area contributed by atoms with Crippen molar-refractivity contribution in [3.8, 4) is 0 Å². The molecule has 0 aromatic heterocycles. The summed E-state index contributed by atoms with van der Waals surface area (Å²) in [5.41, 5.74) is 6.33. The van der Waals surface area contributed by atoms with Crippen molar-refractivity contribution in [2.24, 2.45) is 0 Å². The van der Waals surface area contributed by atoms with Crippen molar-refractivity contribution in [3.05, 3.63) is 24.3 Å². The lowest BCUT2D eigenvalue weighted by Crippen LogP contribution is -2.44. The fourth-order valence-corrected chi connectivity index (χ4v) is 3.62. The molecular weight excluding hydrogens is 178 g/mol. The summed E-state index contributed by atoms with van der Waals surface area (Å²) < 4.78 is 0. The second kappa shape index (κ2) is 3.94. The number of anilines is 1. The number of nitrogen functional groups attached to an aromatic ring is 1. The van der Waals surface area contributed by atoms with Crippen molar-refractivity contribution >= 4 is 19.2 Å². The van der Waals surface area contributed by atoms with Crippen LogP contribution in [0.15, 0.2) is 24.3 Å². The van der Waals surface area contributed by atoms with Crippen molar-refractivity contribution < 1.29 is 4.80 Å². The zero-order valence-electron chi connectivity index (χ0n) is 8.25. The third-order valence-corrected chi connectivity index (χ3v) is 5.32. The van der Waals surface area contributed by atoms with Gasteiger partial charge in [0.25, 0.3) is 0 Å². The Hall–Kier alpha value is -0.803. The highest BCUT2D eigenvalue weighted by Gasteiger charge is 2.25. The summed E-state index contributed by atoms with van der Waals surface area (Å²) in [5, 5.41) is 1.07. The van der Waals surface area contributed by atoms with Gasteiger partial charge in [0.15, 0.2) is 0 Å². The fraction of sp³-hybridized carbons (Fsp3) is 0.400. The number of nitrogens with two attached hydrogens (primary N) is 1. The number of benzene rings is 1. The van der Waals surface area contributed by atoms with Crippen molar-refractivity contribution in [3.63, 3.8) is 0 Å². The quantitative estimate of drug-likeness (QED) is 0.566. The van der Waals surface area contributed by atoms with Gasteiger partial charge in [-0.2, -0.15) is 0 Å². The lowest BCUT2D eigenvalue weighted by atomic mass is 10.3. The summed E-state index contributed by atoms with van der Waals surface area (Å²) in [6.45, 7) is 4.07. The van der Waals surface area contributed by atoms with E-state index in [1.54, 1.807) is 0 Å². The Kier molecular flexibility index (Phi) is 3.11. The van der Waals surface area contributed by atoms with E-state index in [-0.39, 0.29) is 0 Å². The summed E-state index contributed by atoms with van der Waals surface area (Å²) in [7, 11) is -2.16. The van der Waals surface area contributed by atoms with Crippen LogP contribution >= 0.6 is 0 Å². The van der Waals surface area contributed by atoms with Crippen LogP contribution in [0.2, 0.25) is 12.6 Å². The van der Waals surface area contributed by atoms with Crippen molar-refractivity contribution in [1.29, 1.82) is 0 Å². The van der Waals surface area contributed by atoms with Crippen molar-refractivity contribution in [1.82, 2.24) is 0 Å². The average molecular weight is 195 g/mol. The van der Waals surface area contributed by atoms with E-state index in [4.69, 9.17) is 5.73 Å². The molecule has 3 heteroatoms. The summed E-state index contributed by atoms with van der Waals surface area (Å²) in [6, 6.07) is 8.50. The van der Waals surface area contributed by atoms with E-state index in [2.05, 4.69) is 6.92 Å². The molecule has 72 valence electrons. The van der Waals surface area contributed by atoms with Gasteiger partial charge < -0.3 is 10.5 Å². The van der Waals surface area contributed by atoms with E-state index in [1.807, 2.05) is 30.8 Å². The van der Waals surface area contributed by atoms with Crippen LogP contribution in [0.1, 0.15) is 13.3 Å². The van der Waals surface area contributed by atoms with Crippen LogP contribution in [-0.2, 0) is 0 Å². The van der Waals surface area contributed by atoms with Crippen molar-refractivity contribution in [2.45, 2.75) is 25.9 Å². The Balaban J connectivity index is 2.87. The first-order valence-corrected chi connectivity index (χ1v) is 7.30. The van der Waals surface area contributed by atoms with Crippen LogP contribution in [0.25, 0.3) is 0 Å². The molecule has 1 unspecified atom stereocenters. The molecule has 1 atom stereocenters. The largest absolute Gasteiger partial charge is 0.428 e. The molecule has 1 aromatic carbocycles. The van der Waals surface area contributed by atoms with E-state index in [9.17, 15) is 4.80 Å². The number of rotatable bonds is 3. The second-order valence-electron chi connectivity index (χ2n) is 3.65. The maximum absolute atomic E-state index is 10.2. The van der Waals surface area contributed by atoms with Crippen LogP contribution < -0.4 is 10.9 Å². The monoisotopic (exact) mass is 195 g/mol. The minimum atomic E-state index is -2.16. The van der Waals surface area contributed by atoms with Gasteiger partial charge in [0.2, 0.25) is 8.32 Å². The van der Waals surface area contributed by atoms with Crippen LogP contribution in [0, 0.1) is 0 Å². The zero-order valence-corrected chi connectivity index (χ0v) is 9.25. The van der Waals surface area contributed by atoms with Gasteiger partial charge in [0.1, 0.15) is 0 Å². The molecule has 0 aliphatic carbocycles. The van der Waals surface area contributed by atoms with Crippen LogP contribution in [0.4, 0.5) is 5.69 Å². The summed E-state index contributed by atoms with van der Waals surface area (Å²) >= 11 is 0. The van der Waals surface area contributed by atoms with E-state index >= 15 is 0 Å². The van der Waals surface area contributed by atoms with Gasteiger partial charge in [0.05, 0.1) is 0 Å². The van der Waals surface area contributed by atoms with E-state index < -0.39 is 8.32 Å². The molecule has 0 heterocycles. The van der Waals surface area contributed by atoms with Gasteiger partial charge in [-0.1, -0.05) is 25.5 Å². The molecular formula is C10H17NOSi.